The summed E-state index contributed by atoms with van der Waals surface area (Å²) in [7, 11) is 5.99. The molecule has 0 saturated heterocycles. The van der Waals surface area contributed by atoms with Gasteiger partial charge in [0.05, 0.1) is 16.9 Å². The van der Waals surface area contributed by atoms with Crippen molar-refractivity contribution in [3.05, 3.63) is 23.8 Å². The molecule has 0 aliphatic rings. The minimum Gasteiger partial charge on any atom is -0.397 e. The number of rotatable bonds is 6. The van der Waals surface area contributed by atoms with Gasteiger partial charge in [0.1, 0.15) is 0 Å². The predicted molar refractivity (Wildman–Crippen MR) is 75.8 cm³/mol. The molecule has 0 bridgehead atoms. The van der Waals surface area contributed by atoms with Crippen LogP contribution in [-0.4, -0.2) is 45.0 Å². The number of amides is 1. The maximum absolute atomic E-state index is 11.4. The largest absolute Gasteiger partial charge is 0.397 e. The number of benzene rings is 1. The van der Waals surface area contributed by atoms with E-state index in [1.807, 2.05) is 26.0 Å². The molecule has 1 aromatic rings. The van der Waals surface area contributed by atoms with Gasteiger partial charge in [-0.2, -0.15) is 0 Å². The number of hydrogen-bond donors (Lipinski definition) is 2. The van der Waals surface area contributed by atoms with E-state index < -0.39 is 5.91 Å². The van der Waals surface area contributed by atoms with Crippen molar-refractivity contribution in [1.82, 2.24) is 4.90 Å². The molecule has 0 saturated carbocycles. The van der Waals surface area contributed by atoms with Crippen LogP contribution in [0.15, 0.2) is 18.2 Å². The van der Waals surface area contributed by atoms with Crippen molar-refractivity contribution in [2.45, 2.75) is 6.42 Å². The third kappa shape index (κ3) is 3.63. The van der Waals surface area contributed by atoms with Crippen molar-refractivity contribution in [2.24, 2.45) is 5.73 Å². The Labute approximate surface area is 108 Å². The lowest BCUT2D eigenvalue weighted by atomic mass is 10.1. The van der Waals surface area contributed by atoms with Crippen LogP contribution in [0.4, 0.5) is 11.4 Å². The molecule has 5 nitrogen and oxygen atoms in total. The Morgan fingerprint density at radius 3 is 2.44 bits per heavy atom. The topological polar surface area (TPSA) is 75.6 Å². The maximum Gasteiger partial charge on any atom is 0.250 e. The van der Waals surface area contributed by atoms with Crippen LogP contribution < -0.4 is 16.4 Å². The Bertz CT molecular complexity index is 417. The highest BCUT2D eigenvalue weighted by atomic mass is 16.1. The fourth-order valence-electron chi connectivity index (χ4n) is 1.92. The van der Waals surface area contributed by atoms with Crippen LogP contribution in [-0.2, 0) is 0 Å². The van der Waals surface area contributed by atoms with E-state index in [4.69, 9.17) is 11.5 Å². The van der Waals surface area contributed by atoms with Crippen LogP contribution in [0.5, 0.6) is 0 Å². The highest BCUT2D eigenvalue weighted by Gasteiger charge is 2.14. The summed E-state index contributed by atoms with van der Waals surface area (Å²) < 4.78 is 0. The number of carbonyl (C=O) groups excluding carboxylic acids is 1. The molecule has 0 aromatic heterocycles. The highest BCUT2D eigenvalue weighted by molar-refractivity contribution is 6.01. The molecule has 0 heterocycles. The van der Waals surface area contributed by atoms with Gasteiger partial charge in [0.25, 0.3) is 5.91 Å². The van der Waals surface area contributed by atoms with Gasteiger partial charge in [0.15, 0.2) is 0 Å². The van der Waals surface area contributed by atoms with Crippen LogP contribution in [0.2, 0.25) is 0 Å². The van der Waals surface area contributed by atoms with Crippen LogP contribution in [0.25, 0.3) is 0 Å². The molecule has 0 unspecified atom stereocenters. The number of nitrogen functional groups attached to an aromatic ring is 1. The molecule has 0 fully saturated rings. The first kappa shape index (κ1) is 14.3. The van der Waals surface area contributed by atoms with Crippen molar-refractivity contribution >= 4 is 17.3 Å². The summed E-state index contributed by atoms with van der Waals surface area (Å²) in [5, 5.41) is 0. The second kappa shape index (κ2) is 6.26. The van der Waals surface area contributed by atoms with Crippen LogP contribution in [0, 0.1) is 0 Å². The van der Waals surface area contributed by atoms with Crippen molar-refractivity contribution < 1.29 is 4.79 Å². The zero-order valence-electron chi connectivity index (χ0n) is 11.3. The number of para-hydroxylation sites is 1. The van der Waals surface area contributed by atoms with Crippen molar-refractivity contribution in [3.8, 4) is 0 Å². The zero-order chi connectivity index (χ0) is 13.7. The highest BCUT2D eigenvalue weighted by Crippen LogP contribution is 2.26. The number of nitrogens with zero attached hydrogens (tertiary/aromatic N) is 2. The molecule has 1 rings (SSSR count). The lowest BCUT2D eigenvalue weighted by Crippen LogP contribution is -2.26. The van der Waals surface area contributed by atoms with Gasteiger partial charge in [-0.3, -0.25) is 4.79 Å². The number of anilines is 2. The van der Waals surface area contributed by atoms with Crippen LogP contribution in [0.3, 0.4) is 0 Å². The number of primary amides is 1. The number of carbonyl (C=O) groups is 1. The quantitative estimate of drug-likeness (QED) is 0.731. The first-order valence-electron chi connectivity index (χ1n) is 5.97. The minimum atomic E-state index is -0.447. The average molecular weight is 250 g/mol. The van der Waals surface area contributed by atoms with Gasteiger partial charge >= 0.3 is 0 Å². The van der Waals surface area contributed by atoms with Gasteiger partial charge in [0.2, 0.25) is 0 Å². The normalized spacial score (nSPS) is 10.7. The average Bonchev–Trinajstić information content (AvgIpc) is 2.27. The van der Waals surface area contributed by atoms with Gasteiger partial charge in [-0.25, -0.2) is 0 Å². The summed E-state index contributed by atoms with van der Waals surface area (Å²) in [6.45, 7) is 1.82. The summed E-state index contributed by atoms with van der Waals surface area (Å²) >= 11 is 0. The van der Waals surface area contributed by atoms with Gasteiger partial charge in [0, 0.05) is 13.6 Å². The van der Waals surface area contributed by atoms with Gasteiger partial charge in [-0.15, -0.1) is 0 Å². The van der Waals surface area contributed by atoms with E-state index in [0.29, 0.717) is 11.3 Å². The van der Waals surface area contributed by atoms with E-state index in [0.717, 1.165) is 25.2 Å². The van der Waals surface area contributed by atoms with E-state index in [2.05, 4.69) is 4.90 Å². The second-order valence-corrected chi connectivity index (χ2v) is 4.69. The van der Waals surface area contributed by atoms with E-state index in [-0.39, 0.29) is 0 Å². The number of nitrogens with two attached hydrogens (primary N) is 2. The molecule has 4 N–H and O–H groups in total. The Morgan fingerprint density at radius 1 is 1.22 bits per heavy atom. The Kier molecular flexibility index (Phi) is 4.97. The fraction of sp³-hybridized carbons (Fsp3) is 0.462. The van der Waals surface area contributed by atoms with Gasteiger partial charge in [-0.05, 0) is 39.2 Å². The SMILES string of the molecule is CN(C)CCCN(C)c1c(N)cccc1C(N)=O. The van der Waals surface area contributed by atoms with Crippen LogP contribution in [0.1, 0.15) is 16.8 Å². The smallest absolute Gasteiger partial charge is 0.250 e. The van der Waals surface area contributed by atoms with Crippen LogP contribution >= 0.6 is 0 Å². The van der Waals surface area contributed by atoms with Gasteiger partial charge < -0.3 is 21.3 Å². The molecule has 100 valence electrons. The molecule has 0 radical (unpaired) electrons. The first-order valence-corrected chi connectivity index (χ1v) is 5.97. The van der Waals surface area contributed by atoms with E-state index >= 15 is 0 Å². The summed E-state index contributed by atoms with van der Waals surface area (Å²) in [4.78, 5) is 15.5. The Hall–Kier alpha value is -1.75. The Balaban J connectivity index is 2.84. The fourth-order valence-corrected chi connectivity index (χ4v) is 1.92. The molecule has 1 amide bonds. The predicted octanol–water partition coefficient (Wildman–Crippen LogP) is 0.756. The lowest BCUT2D eigenvalue weighted by Gasteiger charge is -2.24. The molecule has 0 aliphatic heterocycles. The molecule has 5 heteroatoms. The van der Waals surface area contributed by atoms with E-state index in [9.17, 15) is 4.79 Å². The Morgan fingerprint density at radius 2 is 1.89 bits per heavy atom. The maximum atomic E-state index is 11.4. The zero-order valence-corrected chi connectivity index (χ0v) is 11.3. The third-order valence-electron chi connectivity index (χ3n) is 2.81. The van der Waals surface area contributed by atoms with Crippen molar-refractivity contribution in [3.63, 3.8) is 0 Å². The summed E-state index contributed by atoms with van der Waals surface area (Å²) in [5.41, 5.74) is 13.1. The van der Waals surface area contributed by atoms with Crippen molar-refractivity contribution in [2.75, 3.05) is 44.9 Å². The lowest BCUT2D eigenvalue weighted by molar-refractivity contribution is 0.100. The second-order valence-electron chi connectivity index (χ2n) is 4.69. The summed E-state index contributed by atoms with van der Waals surface area (Å²) in [6.07, 6.45) is 0.996. The molecule has 0 atom stereocenters. The molecular weight excluding hydrogens is 228 g/mol. The van der Waals surface area contributed by atoms with Crippen molar-refractivity contribution in [1.29, 1.82) is 0 Å². The standard InChI is InChI=1S/C13H22N4O/c1-16(2)8-5-9-17(3)12-10(13(15)18)6-4-7-11(12)14/h4,6-7H,5,8-9,14H2,1-3H3,(H2,15,18). The number of hydrogen-bond acceptors (Lipinski definition) is 4. The van der Waals surface area contributed by atoms with E-state index in [1.165, 1.54) is 0 Å². The molecule has 18 heavy (non-hydrogen) atoms. The molecule has 1 aromatic carbocycles. The summed E-state index contributed by atoms with van der Waals surface area (Å²) in [5.74, 6) is -0.447. The minimum absolute atomic E-state index is 0.447. The first-order chi connectivity index (χ1) is 8.43. The molecule has 0 spiro atoms. The monoisotopic (exact) mass is 250 g/mol. The third-order valence-corrected chi connectivity index (χ3v) is 2.81. The van der Waals surface area contributed by atoms with E-state index in [1.54, 1.807) is 18.2 Å². The van der Waals surface area contributed by atoms with Gasteiger partial charge in [-0.1, -0.05) is 6.07 Å². The summed E-state index contributed by atoms with van der Waals surface area (Å²) in [6, 6.07) is 5.23. The molecular formula is C13H22N4O. The molecule has 0 aliphatic carbocycles.